The Labute approximate surface area is 122 Å². The van der Waals surface area contributed by atoms with Crippen molar-refractivity contribution in [2.24, 2.45) is 0 Å². The van der Waals surface area contributed by atoms with Crippen molar-refractivity contribution in [2.75, 3.05) is 6.61 Å². The molecule has 0 aromatic carbocycles. The summed E-state index contributed by atoms with van der Waals surface area (Å²) in [6.07, 6.45) is -6.15. The normalized spacial score (nSPS) is 19.5. The van der Waals surface area contributed by atoms with Crippen LogP contribution in [0.1, 0.15) is 34.1 Å². The summed E-state index contributed by atoms with van der Waals surface area (Å²) in [5.74, 6) is -1.41. The minimum Gasteiger partial charge on any atom is -0.394 e. The zero-order chi connectivity index (χ0) is 16.8. The van der Waals surface area contributed by atoms with Crippen LogP contribution in [0.3, 0.4) is 0 Å². The van der Waals surface area contributed by atoms with Gasteiger partial charge in [-0.2, -0.15) is 4.89 Å². The minimum absolute atomic E-state index is 0.346. The summed E-state index contributed by atoms with van der Waals surface area (Å²) < 4.78 is 0. The summed E-state index contributed by atoms with van der Waals surface area (Å²) in [5, 5.41) is 51.6. The van der Waals surface area contributed by atoms with Crippen LogP contribution in [0.15, 0.2) is 0 Å². The summed E-state index contributed by atoms with van der Waals surface area (Å²) >= 11 is 0. The second-order valence-electron chi connectivity index (χ2n) is 5.60. The van der Waals surface area contributed by atoms with Crippen LogP contribution in [-0.4, -0.2) is 67.6 Å². The van der Waals surface area contributed by atoms with Crippen LogP contribution < -0.4 is 0 Å². The van der Waals surface area contributed by atoms with E-state index in [0.717, 1.165) is 0 Å². The molecular weight excluding hydrogens is 288 g/mol. The van der Waals surface area contributed by atoms with Gasteiger partial charge in [-0.25, -0.2) is 4.79 Å². The zero-order valence-corrected chi connectivity index (χ0v) is 12.5. The standard InChI is InChI=1S/C12H24O9/c1-5-12(18,9(16)8(15)7(14)6-13)10(17)19-21-20-11(2,3)4/h7-9,13-16,18H,5-6H2,1-4H3. The summed E-state index contributed by atoms with van der Waals surface area (Å²) in [5.41, 5.74) is -3.33. The van der Waals surface area contributed by atoms with E-state index in [1.807, 2.05) is 0 Å². The van der Waals surface area contributed by atoms with E-state index in [-0.39, 0.29) is 6.42 Å². The van der Waals surface area contributed by atoms with Crippen LogP contribution >= 0.6 is 0 Å². The van der Waals surface area contributed by atoms with Crippen LogP contribution in [0.5, 0.6) is 0 Å². The van der Waals surface area contributed by atoms with E-state index in [0.29, 0.717) is 0 Å². The Hall–Kier alpha value is -0.810. The second-order valence-corrected chi connectivity index (χ2v) is 5.60. The quantitative estimate of drug-likeness (QED) is 0.264. The molecule has 0 aliphatic heterocycles. The van der Waals surface area contributed by atoms with E-state index in [1.54, 1.807) is 20.8 Å². The minimum atomic E-state index is -2.54. The Morgan fingerprint density at radius 1 is 1.19 bits per heavy atom. The molecule has 0 fully saturated rings. The Kier molecular flexibility index (Phi) is 7.68. The zero-order valence-electron chi connectivity index (χ0n) is 12.5. The molecule has 0 amide bonds. The number of aliphatic hydroxyl groups is 5. The molecule has 0 aliphatic carbocycles. The summed E-state index contributed by atoms with van der Waals surface area (Å²) in [6.45, 7) is 5.32. The van der Waals surface area contributed by atoms with Gasteiger partial charge < -0.3 is 25.5 Å². The van der Waals surface area contributed by atoms with Gasteiger partial charge in [-0.3, -0.25) is 4.89 Å². The molecule has 0 heterocycles. The Balaban J connectivity index is 4.80. The second kappa shape index (κ2) is 7.99. The molecule has 9 nitrogen and oxygen atoms in total. The number of aliphatic hydroxyl groups excluding tert-OH is 4. The lowest BCUT2D eigenvalue weighted by molar-refractivity contribution is -0.517. The molecule has 5 N–H and O–H groups in total. The maximum atomic E-state index is 11.7. The largest absolute Gasteiger partial charge is 0.394 e. The Bertz CT molecular complexity index is 327. The third kappa shape index (κ3) is 5.83. The van der Waals surface area contributed by atoms with Crippen molar-refractivity contribution in [3.63, 3.8) is 0 Å². The SMILES string of the molecule is CCC(O)(C(=O)OOOC(C)(C)C)C(O)C(O)C(O)CO. The molecule has 0 radical (unpaired) electrons. The highest BCUT2D eigenvalue weighted by Gasteiger charge is 2.49. The van der Waals surface area contributed by atoms with E-state index >= 15 is 0 Å². The average Bonchev–Trinajstić information content (AvgIpc) is 2.42. The highest BCUT2D eigenvalue weighted by Crippen LogP contribution is 2.22. The fraction of sp³-hybridized carbons (Fsp3) is 0.917. The summed E-state index contributed by atoms with van der Waals surface area (Å²) in [4.78, 5) is 20.6. The predicted octanol–water partition coefficient (Wildman–Crippen LogP) is -1.59. The molecular formula is C12H24O9. The first kappa shape index (κ1) is 20.2. The van der Waals surface area contributed by atoms with E-state index in [9.17, 15) is 25.2 Å². The van der Waals surface area contributed by atoms with Gasteiger partial charge in [0.2, 0.25) is 0 Å². The van der Waals surface area contributed by atoms with E-state index in [4.69, 9.17) is 5.11 Å². The van der Waals surface area contributed by atoms with Crippen molar-refractivity contribution in [1.29, 1.82) is 0 Å². The highest BCUT2D eigenvalue weighted by molar-refractivity contribution is 5.79. The van der Waals surface area contributed by atoms with Crippen LogP contribution in [0.2, 0.25) is 0 Å². The van der Waals surface area contributed by atoms with Crippen LogP contribution in [0.4, 0.5) is 0 Å². The lowest BCUT2D eigenvalue weighted by Crippen LogP contribution is -2.58. The van der Waals surface area contributed by atoms with Gasteiger partial charge in [0.25, 0.3) is 0 Å². The Morgan fingerprint density at radius 3 is 2.10 bits per heavy atom. The molecule has 4 unspecified atom stereocenters. The third-order valence-electron chi connectivity index (χ3n) is 2.68. The van der Waals surface area contributed by atoms with Gasteiger partial charge in [0.05, 0.1) is 12.2 Å². The van der Waals surface area contributed by atoms with Crippen molar-refractivity contribution < 1.29 is 45.1 Å². The molecule has 126 valence electrons. The smallest absolute Gasteiger partial charge is 0.379 e. The van der Waals surface area contributed by atoms with Gasteiger partial charge in [0.15, 0.2) is 5.60 Å². The van der Waals surface area contributed by atoms with Gasteiger partial charge in [-0.15, -0.1) is 0 Å². The maximum Gasteiger partial charge on any atom is 0.379 e. The van der Waals surface area contributed by atoms with E-state index in [2.05, 4.69) is 14.8 Å². The lowest BCUT2D eigenvalue weighted by atomic mass is 9.88. The fourth-order valence-corrected chi connectivity index (χ4v) is 1.30. The molecule has 0 aromatic heterocycles. The van der Waals surface area contributed by atoms with Crippen molar-refractivity contribution in [3.8, 4) is 0 Å². The molecule has 9 heteroatoms. The highest BCUT2D eigenvalue weighted by atomic mass is 17.5. The van der Waals surface area contributed by atoms with Crippen molar-refractivity contribution in [3.05, 3.63) is 0 Å². The van der Waals surface area contributed by atoms with Crippen LogP contribution in [-0.2, 0) is 19.6 Å². The first-order chi connectivity index (χ1) is 9.49. The monoisotopic (exact) mass is 312 g/mol. The van der Waals surface area contributed by atoms with Crippen LogP contribution in [0, 0.1) is 0 Å². The topological polar surface area (TPSA) is 146 Å². The molecule has 21 heavy (non-hydrogen) atoms. The molecule has 0 aliphatic rings. The molecule has 0 saturated heterocycles. The van der Waals surface area contributed by atoms with Crippen molar-refractivity contribution >= 4 is 5.97 Å². The molecule has 4 atom stereocenters. The van der Waals surface area contributed by atoms with Gasteiger partial charge >= 0.3 is 5.97 Å². The predicted molar refractivity (Wildman–Crippen MR) is 68.4 cm³/mol. The molecule has 0 saturated carbocycles. The maximum absolute atomic E-state index is 11.7. The van der Waals surface area contributed by atoms with Crippen molar-refractivity contribution in [2.45, 2.75) is 63.6 Å². The molecule has 0 bridgehead atoms. The van der Waals surface area contributed by atoms with Gasteiger partial charge in [-0.1, -0.05) is 6.92 Å². The van der Waals surface area contributed by atoms with Crippen LogP contribution in [0.25, 0.3) is 0 Å². The van der Waals surface area contributed by atoms with Gasteiger partial charge in [0.1, 0.15) is 18.3 Å². The van der Waals surface area contributed by atoms with Crippen molar-refractivity contribution in [1.82, 2.24) is 0 Å². The van der Waals surface area contributed by atoms with Gasteiger partial charge in [-0.05, 0) is 32.2 Å². The van der Waals surface area contributed by atoms with E-state index in [1.165, 1.54) is 6.92 Å². The Morgan fingerprint density at radius 2 is 1.71 bits per heavy atom. The fourth-order valence-electron chi connectivity index (χ4n) is 1.30. The number of hydrogen-bond donors (Lipinski definition) is 5. The molecule has 0 aromatic rings. The summed E-state index contributed by atoms with van der Waals surface area (Å²) in [6, 6.07) is 0. The first-order valence-corrected chi connectivity index (χ1v) is 6.43. The number of rotatable bonds is 8. The first-order valence-electron chi connectivity index (χ1n) is 6.43. The lowest BCUT2D eigenvalue weighted by Gasteiger charge is -2.33. The van der Waals surface area contributed by atoms with E-state index < -0.39 is 42.1 Å². The number of carbonyl (C=O) groups excluding carboxylic acids is 1. The average molecular weight is 312 g/mol. The molecule has 0 rings (SSSR count). The molecule has 0 spiro atoms. The summed E-state index contributed by atoms with van der Waals surface area (Å²) in [7, 11) is 0. The third-order valence-corrected chi connectivity index (χ3v) is 2.68. The number of hydrogen-bond acceptors (Lipinski definition) is 9. The van der Waals surface area contributed by atoms with Gasteiger partial charge in [0, 0.05) is 0 Å². The number of carbonyl (C=O) groups is 1.